The quantitative estimate of drug-likeness (QED) is 0.836. The molecule has 6 heteroatoms. The molecule has 0 aliphatic heterocycles. The number of hydrogen-bond acceptors (Lipinski definition) is 4. The van der Waals surface area contributed by atoms with Crippen LogP contribution >= 0.6 is 0 Å². The van der Waals surface area contributed by atoms with Crippen molar-refractivity contribution < 1.29 is 18.7 Å². The molecular formula is C18H26N2O4. The Balaban J connectivity index is 1.55. The summed E-state index contributed by atoms with van der Waals surface area (Å²) < 4.78 is 10.8. The van der Waals surface area contributed by atoms with Crippen LogP contribution in [0.4, 0.5) is 0 Å². The van der Waals surface area contributed by atoms with E-state index in [9.17, 15) is 9.59 Å². The molecule has 2 aliphatic rings. The molecule has 2 fully saturated rings. The summed E-state index contributed by atoms with van der Waals surface area (Å²) in [5.41, 5.74) is 0.516. The Morgan fingerprint density at radius 3 is 2.79 bits per heavy atom. The lowest BCUT2D eigenvalue weighted by Gasteiger charge is -2.54. The number of furan rings is 1. The standard InChI is InChI=1S/C18H26N2O4/c1-3-24-15-10-14(18(15)7-4-5-8-18)20-16(21)12(2)19-17(22)13-6-9-23-11-13/h6,9,11-12,14-15H,3-5,7-8,10H2,1-2H3,(H,19,22)(H,20,21)/t12-,14-,15-/m1/s1. The molecule has 0 unspecified atom stereocenters. The third kappa shape index (κ3) is 3.07. The van der Waals surface area contributed by atoms with Gasteiger partial charge >= 0.3 is 0 Å². The van der Waals surface area contributed by atoms with Gasteiger partial charge in [-0.1, -0.05) is 12.8 Å². The number of carbonyl (C=O) groups is 2. The van der Waals surface area contributed by atoms with Crippen LogP contribution in [0.15, 0.2) is 23.0 Å². The van der Waals surface area contributed by atoms with Gasteiger partial charge < -0.3 is 19.8 Å². The maximum absolute atomic E-state index is 12.5. The zero-order valence-corrected chi connectivity index (χ0v) is 14.3. The molecule has 2 amide bonds. The fraction of sp³-hybridized carbons (Fsp3) is 0.667. The van der Waals surface area contributed by atoms with E-state index in [1.54, 1.807) is 13.0 Å². The average molecular weight is 334 g/mol. The summed E-state index contributed by atoms with van der Waals surface area (Å²) in [6, 6.07) is 1.14. The van der Waals surface area contributed by atoms with Crippen LogP contribution in [0.25, 0.3) is 0 Å². The Morgan fingerprint density at radius 2 is 2.17 bits per heavy atom. The number of amides is 2. The van der Waals surface area contributed by atoms with Gasteiger partial charge in [0.25, 0.3) is 5.91 Å². The van der Waals surface area contributed by atoms with E-state index in [4.69, 9.17) is 9.15 Å². The molecular weight excluding hydrogens is 308 g/mol. The van der Waals surface area contributed by atoms with Crippen LogP contribution in [0.1, 0.15) is 56.3 Å². The fourth-order valence-electron chi connectivity index (χ4n) is 4.12. The van der Waals surface area contributed by atoms with Crippen LogP contribution in [0.5, 0.6) is 0 Å². The summed E-state index contributed by atoms with van der Waals surface area (Å²) in [5.74, 6) is -0.444. The van der Waals surface area contributed by atoms with Gasteiger partial charge in [0.2, 0.25) is 5.91 Å². The molecule has 0 bridgehead atoms. The number of hydrogen-bond donors (Lipinski definition) is 2. The Kier molecular flexibility index (Phi) is 4.94. The third-order valence-corrected chi connectivity index (χ3v) is 5.53. The van der Waals surface area contributed by atoms with Crippen molar-refractivity contribution in [3.63, 3.8) is 0 Å². The van der Waals surface area contributed by atoms with Gasteiger partial charge in [-0.05, 0) is 39.2 Å². The lowest BCUT2D eigenvalue weighted by molar-refractivity contribution is -0.145. The summed E-state index contributed by atoms with van der Waals surface area (Å²) >= 11 is 0. The molecule has 132 valence electrons. The van der Waals surface area contributed by atoms with Crippen LogP contribution in [0.3, 0.4) is 0 Å². The van der Waals surface area contributed by atoms with Gasteiger partial charge in [0.15, 0.2) is 0 Å². The molecule has 0 saturated heterocycles. The van der Waals surface area contributed by atoms with Crippen molar-refractivity contribution in [3.8, 4) is 0 Å². The van der Waals surface area contributed by atoms with E-state index < -0.39 is 6.04 Å². The lowest BCUT2D eigenvalue weighted by Crippen LogP contribution is -2.65. The van der Waals surface area contributed by atoms with E-state index in [1.165, 1.54) is 25.4 Å². The summed E-state index contributed by atoms with van der Waals surface area (Å²) in [6.45, 7) is 4.43. The molecule has 1 spiro atoms. The number of nitrogens with one attached hydrogen (secondary N) is 2. The predicted molar refractivity (Wildman–Crippen MR) is 88.5 cm³/mol. The van der Waals surface area contributed by atoms with E-state index in [0.29, 0.717) is 12.2 Å². The first-order chi connectivity index (χ1) is 11.6. The minimum Gasteiger partial charge on any atom is -0.472 e. The van der Waals surface area contributed by atoms with E-state index in [2.05, 4.69) is 10.6 Å². The lowest BCUT2D eigenvalue weighted by atomic mass is 9.60. The second kappa shape index (κ2) is 6.97. The SMILES string of the molecule is CCO[C@@H]1C[C@@H](NC(=O)[C@@H](C)NC(=O)c2ccoc2)C12CCCC2. The first-order valence-corrected chi connectivity index (χ1v) is 8.82. The van der Waals surface area contributed by atoms with Crippen LogP contribution in [-0.4, -0.2) is 36.6 Å². The molecule has 3 atom stereocenters. The maximum atomic E-state index is 12.5. The highest BCUT2D eigenvalue weighted by Gasteiger charge is 2.57. The minimum absolute atomic E-state index is 0.0972. The fourth-order valence-corrected chi connectivity index (χ4v) is 4.12. The molecule has 2 saturated carbocycles. The van der Waals surface area contributed by atoms with Crippen molar-refractivity contribution in [2.24, 2.45) is 5.41 Å². The summed E-state index contributed by atoms with van der Waals surface area (Å²) in [7, 11) is 0. The van der Waals surface area contributed by atoms with Crippen molar-refractivity contribution in [3.05, 3.63) is 24.2 Å². The zero-order valence-electron chi connectivity index (χ0n) is 14.3. The van der Waals surface area contributed by atoms with Crippen LogP contribution in [-0.2, 0) is 9.53 Å². The first kappa shape index (κ1) is 17.0. The molecule has 0 aromatic carbocycles. The average Bonchev–Trinajstić information content (AvgIpc) is 3.25. The Hall–Kier alpha value is -1.82. The second-order valence-electron chi connectivity index (χ2n) is 6.89. The minimum atomic E-state index is -0.586. The molecule has 2 N–H and O–H groups in total. The van der Waals surface area contributed by atoms with Gasteiger partial charge in [0, 0.05) is 18.1 Å². The van der Waals surface area contributed by atoms with Gasteiger partial charge in [-0.2, -0.15) is 0 Å². The van der Waals surface area contributed by atoms with Gasteiger partial charge in [0.1, 0.15) is 12.3 Å². The van der Waals surface area contributed by atoms with Gasteiger partial charge in [-0.25, -0.2) is 0 Å². The van der Waals surface area contributed by atoms with Gasteiger partial charge in [-0.3, -0.25) is 9.59 Å². The molecule has 3 rings (SSSR count). The van der Waals surface area contributed by atoms with Crippen molar-refractivity contribution in [1.82, 2.24) is 10.6 Å². The van der Waals surface area contributed by atoms with E-state index in [1.807, 2.05) is 6.92 Å². The third-order valence-electron chi connectivity index (χ3n) is 5.53. The normalized spacial score (nSPS) is 25.9. The molecule has 6 nitrogen and oxygen atoms in total. The smallest absolute Gasteiger partial charge is 0.255 e. The van der Waals surface area contributed by atoms with Gasteiger partial charge in [-0.15, -0.1) is 0 Å². The van der Waals surface area contributed by atoms with Crippen LogP contribution < -0.4 is 10.6 Å². The Bertz CT molecular complexity index is 578. The van der Waals surface area contributed by atoms with Crippen molar-refractivity contribution in [2.75, 3.05) is 6.61 Å². The van der Waals surface area contributed by atoms with Crippen molar-refractivity contribution in [1.29, 1.82) is 0 Å². The van der Waals surface area contributed by atoms with Crippen molar-refractivity contribution in [2.45, 2.75) is 64.1 Å². The van der Waals surface area contributed by atoms with E-state index in [0.717, 1.165) is 19.3 Å². The predicted octanol–water partition coefficient (Wildman–Crippen LogP) is 2.25. The number of rotatable bonds is 6. The van der Waals surface area contributed by atoms with Crippen molar-refractivity contribution >= 4 is 11.8 Å². The van der Waals surface area contributed by atoms with E-state index >= 15 is 0 Å². The maximum Gasteiger partial charge on any atom is 0.255 e. The van der Waals surface area contributed by atoms with Crippen LogP contribution in [0, 0.1) is 5.41 Å². The Labute approximate surface area is 142 Å². The first-order valence-electron chi connectivity index (χ1n) is 8.82. The number of carbonyl (C=O) groups excluding carboxylic acids is 2. The van der Waals surface area contributed by atoms with Crippen LogP contribution in [0.2, 0.25) is 0 Å². The summed E-state index contributed by atoms with van der Waals surface area (Å²) in [4.78, 5) is 24.5. The molecule has 2 aliphatic carbocycles. The highest BCUT2D eigenvalue weighted by molar-refractivity contribution is 5.97. The molecule has 1 aromatic rings. The molecule has 24 heavy (non-hydrogen) atoms. The topological polar surface area (TPSA) is 80.6 Å². The molecule has 0 radical (unpaired) electrons. The second-order valence-corrected chi connectivity index (χ2v) is 6.89. The molecule has 1 heterocycles. The summed E-state index contributed by atoms with van der Waals surface area (Å²) in [5, 5.41) is 5.84. The summed E-state index contributed by atoms with van der Waals surface area (Å²) in [6.07, 6.45) is 8.54. The number of ether oxygens (including phenoxy) is 1. The largest absolute Gasteiger partial charge is 0.472 e. The van der Waals surface area contributed by atoms with E-state index in [-0.39, 0.29) is 29.4 Å². The highest BCUT2D eigenvalue weighted by atomic mass is 16.5. The molecule has 1 aromatic heterocycles. The van der Waals surface area contributed by atoms with Gasteiger partial charge in [0.05, 0.1) is 17.9 Å². The monoisotopic (exact) mass is 334 g/mol. The zero-order chi connectivity index (χ0) is 17.2. The Morgan fingerprint density at radius 1 is 1.42 bits per heavy atom. The highest BCUT2D eigenvalue weighted by Crippen LogP contribution is 2.54.